The highest BCUT2D eigenvalue weighted by molar-refractivity contribution is 5.55. The third kappa shape index (κ3) is 2.87. The van der Waals surface area contributed by atoms with E-state index in [9.17, 15) is 5.11 Å². The van der Waals surface area contributed by atoms with Crippen molar-refractivity contribution in [3.8, 4) is 23.0 Å². The lowest BCUT2D eigenvalue weighted by Crippen LogP contribution is -2.25. The molecule has 0 unspecified atom stereocenters. The molecule has 0 spiro atoms. The molecule has 0 amide bonds. The molecule has 1 N–H and O–H groups in total. The smallest absolute Gasteiger partial charge is 0.203 e. The Balaban J connectivity index is 2.25. The summed E-state index contributed by atoms with van der Waals surface area (Å²) in [5.41, 5.74) is 0. The van der Waals surface area contributed by atoms with Crippen molar-refractivity contribution in [1.29, 1.82) is 0 Å². The van der Waals surface area contributed by atoms with Gasteiger partial charge in [-0.3, -0.25) is 0 Å². The summed E-state index contributed by atoms with van der Waals surface area (Å²) < 4.78 is 21.6. The van der Waals surface area contributed by atoms with Crippen LogP contribution in [0.25, 0.3) is 0 Å². The van der Waals surface area contributed by atoms with Crippen LogP contribution >= 0.6 is 0 Å². The molecule has 1 aromatic rings. The van der Waals surface area contributed by atoms with Gasteiger partial charge in [0.1, 0.15) is 11.9 Å². The predicted molar refractivity (Wildman–Crippen MR) is 70.4 cm³/mol. The summed E-state index contributed by atoms with van der Waals surface area (Å²) in [6.45, 7) is 0. The van der Waals surface area contributed by atoms with Crippen LogP contribution in [-0.4, -0.2) is 38.6 Å². The number of methoxy groups -OCH3 is 3. The first-order valence-corrected chi connectivity index (χ1v) is 6.34. The number of aliphatic hydroxyl groups excluding tert-OH is 1. The molecule has 0 aliphatic heterocycles. The Labute approximate surface area is 113 Å². The summed E-state index contributed by atoms with van der Waals surface area (Å²) in [7, 11) is 4.68. The minimum Gasteiger partial charge on any atom is -0.493 e. The average Bonchev–Trinajstić information content (AvgIpc) is 2.83. The fraction of sp³-hybridized carbons (Fsp3) is 0.571. The zero-order valence-corrected chi connectivity index (χ0v) is 11.5. The van der Waals surface area contributed by atoms with Crippen LogP contribution in [-0.2, 0) is 0 Å². The minimum absolute atomic E-state index is 0.164. The molecule has 106 valence electrons. The van der Waals surface area contributed by atoms with Gasteiger partial charge in [0.25, 0.3) is 0 Å². The number of benzene rings is 1. The molecule has 1 fully saturated rings. The van der Waals surface area contributed by atoms with Crippen molar-refractivity contribution in [3.63, 3.8) is 0 Å². The van der Waals surface area contributed by atoms with Crippen LogP contribution in [0, 0.1) is 0 Å². The first-order valence-electron chi connectivity index (χ1n) is 6.34. The Morgan fingerprint density at radius 2 is 1.63 bits per heavy atom. The quantitative estimate of drug-likeness (QED) is 0.885. The lowest BCUT2D eigenvalue weighted by atomic mass is 10.2. The summed E-state index contributed by atoms with van der Waals surface area (Å²) in [6, 6.07) is 3.48. The van der Waals surface area contributed by atoms with Crippen LogP contribution in [0.15, 0.2) is 12.1 Å². The standard InChI is InChI=1S/C14H20O5/c1-16-12-7-9(8-13(17-2)14(12)18-3)19-11-6-4-5-10(11)15/h7-8,10-11,15H,4-6H2,1-3H3/t10-,11-/m1/s1. The van der Waals surface area contributed by atoms with Crippen molar-refractivity contribution in [2.24, 2.45) is 0 Å². The SMILES string of the molecule is COc1cc(O[C@@H]2CCC[C@H]2O)cc(OC)c1OC. The summed E-state index contributed by atoms with van der Waals surface area (Å²) in [4.78, 5) is 0. The molecule has 0 heterocycles. The molecule has 0 radical (unpaired) electrons. The van der Waals surface area contributed by atoms with Gasteiger partial charge in [-0.05, 0) is 19.3 Å². The van der Waals surface area contributed by atoms with E-state index in [0.717, 1.165) is 19.3 Å². The maximum Gasteiger partial charge on any atom is 0.203 e. The molecule has 0 bridgehead atoms. The first kappa shape index (κ1) is 13.8. The summed E-state index contributed by atoms with van der Waals surface area (Å²) in [5.74, 6) is 2.23. The van der Waals surface area contributed by atoms with Crippen LogP contribution in [0.3, 0.4) is 0 Å². The topological polar surface area (TPSA) is 57.2 Å². The van der Waals surface area contributed by atoms with Gasteiger partial charge in [0.05, 0.1) is 27.4 Å². The Bertz CT molecular complexity index is 407. The number of ether oxygens (including phenoxy) is 4. The highest BCUT2D eigenvalue weighted by Gasteiger charge is 2.27. The minimum atomic E-state index is -0.404. The lowest BCUT2D eigenvalue weighted by Gasteiger charge is -2.19. The molecule has 1 aromatic carbocycles. The third-order valence-corrected chi connectivity index (χ3v) is 3.34. The number of rotatable bonds is 5. The lowest BCUT2D eigenvalue weighted by molar-refractivity contribution is 0.0600. The van der Waals surface area contributed by atoms with Crippen molar-refractivity contribution in [2.45, 2.75) is 31.5 Å². The van der Waals surface area contributed by atoms with E-state index in [4.69, 9.17) is 18.9 Å². The number of aliphatic hydroxyl groups is 1. The van der Waals surface area contributed by atoms with E-state index in [0.29, 0.717) is 23.0 Å². The maximum atomic E-state index is 9.79. The maximum absolute atomic E-state index is 9.79. The van der Waals surface area contributed by atoms with Crippen molar-refractivity contribution in [1.82, 2.24) is 0 Å². The van der Waals surface area contributed by atoms with Gasteiger partial charge < -0.3 is 24.1 Å². The van der Waals surface area contributed by atoms with Crippen LogP contribution in [0.2, 0.25) is 0 Å². The molecule has 5 heteroatoms. The monoisotopic (exact) mass is 268 g/mol. The van der Waals surface area contributed by atoms with Gasteiger partial charge in [0.15, 0.2) is 11.5 Å². The first-order chi connectivity index (χ1) is 9.19. The fourth-order valence-corrected chi connectivity index (χ4v) is 2.34. The fourth-order valence-electron chi connectivity index (χ4n) is 2.34. The predicted octanol–water partition coefficient (Wildman–Crippen LogP) is 2.00. The summed E-state index contributed by atoms with van der Waals surface area (Å²) in [5, 5.41) is 9.79. The molecule has 2 atom stereocenters. The molecule has 0 saturated heterocycles. The second-order valence-corrected chi connectivity index (χ2v) is 4.52. The zero-order chi connectivity index (χ0) is 13.8. The van der Waals surface area contributed by atoms with E-state index in [2.05, 4.69) is 0 Å². The largest absolute Gasteiger partial charge is 0.493 e. The van der Waals surface area contributed by atoms with Crippen molar-refractivity contribution in [3.05, 3.63) is 12.1 Å². The summed E-state index contributed by atoms with van der Waals surface area (Å²) >= 11 is 0. The van der Waals surface area contributed by atoms with Gasteiger partial charge in [-0.2, -0.15) is 0 Å². The summed E-state index contributed by atoms with van der Waals surface area (Å²) in [6.07, 6.45) is 2.06. The molecule has 2 rings (SSSR count). The molecule has 1 saturated carbocycles. The van der Waals surface area contributed by atoms with Crippen LogP contribution in [0.4, 0.5) is 0 Å². The molecular weight excluding hydrogens is 248 g/mol. The zero-order valence-electron chi connectivity index (χ0n) is 11.5. The van der Waals surface area contributed by atoms with E-state index in [1.165, 1.54) is 0 Å². The Morgan fingerprint density at radius 3 is 2.05 bits per heavy atom. The normalized spacial score (nSPS) is 22.1. The van der Waals surface area contributed by atoms with E-state index in [-0.39, 0.29) is 6.10 Å². The molecule has 1 aliphatic rings. The third-order valence-electron chi connectivity index (χ3n) is 3.34. The van der Waals surface area contributed by atoms with Gasteiger partial charge >= 0.3 is 0 Å². The van der Waals surface area contributed by atoms with Crippen molar-refractivity contribution < 1.29 is 24.1 Å². The van der Waals surface area contributed by atoms with Gasteiger partial charge in [0, 0.05) is 12.1 Å². The van der Waals surface area contributed by atoms with Crippen molar-refractivity contribution >= 4 is 0 Å². The highest BCUT2D eigenvalue weighted by atomic mass is 16.5. The Morgan fingerprint density at radius 1 is 1.00 bits per heavy atom. The van der Waals surface area contributed by atoms with E-state index in [1.807, 2.05) is 0 Å². The van der Waals surface area contributed by atoms with E-state index in [1.54, 1.807) is 33.5 Å². The second-order valence-electron chi connectivity index (χ2n) is 4.52. The highest BCUT2D eigenvalue weighted by Crippen LogP contribution is 2.41. The molecule has 5 nitrogen and oxygen atoms in total. The van der Waals surface area contributed by atoms with Gasteiger partial charge in [-0.1, -0.05) is 0 Å². The Hall–Kier alpha value is -1.62. The number of hydrogen-bond donors (Lipinski definition) is 1. The second kappa shape index (κ2) is 6.02. The Kier molecular flexibility index (Phi) is 4.37. The molecular formula is C14H20O5. The molecule has 0 aromatic heterocycles. The van der Waals surface area contributed by atoms with E-state index >= 15 is 0 Å². The molecule has 1 aliphatic carbocycles. The molecule has 19 heavy (non-hydrogen) atoms. The van der Waals surface area contributed by atoms with E-state index < -0.39 is 6.10 Å². The van der Waals surface area contributed by atoms with Crippen molar-refractivity contribution in [2.75, 3.05) is 21.3 Å². The average molecular weight is 268 g/mol. The van der Waals surface area contributed by atoms with Gasteiger partial charge in [0.2, 0.25) is 5.75 Å². The van der Waals surface area contributed by atoms with Crippen LogP contribution in [0.1, 0.15) is 19.3 Å². The number of hydrogen-bond acceptors (Lipinski definition) is 5. The van der Waals surface area contributed by atoms with Gasteiger partial charge in [-0.25, -0.2) is 0 Å². The van der Waals surface area contributed by atoms with Gasteiger partial charge in [-0.15, -0.1) is 0 Å². The van der Waals surface area contributed by atoms with Crippen LogP contribution in [0.5, 0.6) is 23.0 Å². The van der Waals surface area contributed by atoms with Crippen LogP contribution < -0.4 is 18.9 Å².